The van der Waals surface area contributed by atoms with Crippen LogP contribution < -0.4 is 5.32 Å². The summed E-state index contributed by atoms with van der Waals surface area (Å²) in [6, 6.07) is 6.65. The number of rotatable bonds is 3. The molecule has 7 heteroatoms. The highest BCUT2D eigenvalue weighted by atomic mass is 35.6. The smallest absolute Gasteiger partial charge is 0.252 e. The van der Waals surface area contributed by atoms with Gasteiger partial charge in [0.2, 0.25) is 3.79 Å². The van der Waals surface area contributed by atoms with Crippen molar-refractivity contribution in [2.45, 2.75) is 22.8 Å². The average Bonchev–Trinajstić information content (AvgIpc) is 2.87. The Hall–Kier alpha value is -0.190. The van der Waals surface area contributed by atoms with E-state index in [4.69, 9.17) is 46.4 Å². The van der Waals surface area contributed by atoms with Crippen molar-refractivity contribution >= 4 is 52.3 Å². The number of halogens is 4. The van der Waals surface area contributed by atoms with Crippen LogP contribution in [-0.4, -0.2) is 33.9 Å². The van der Waals surface area contributed by atoms with Gasteiger partial charge in [-0.15, -0.1) is 0 Å². The molecule has 0 radical (unpaired) electrons. The highest BCUT2D eigenvalue weighted by Crippen LogP contribution is 2.33. The van der Waals surface area contributed by atoms with Crippen molar-refractivity contribution in [1.29, 1.82) is 0 Å². The first-order valence-corrected chi connectivity index (χ1v) is 7.76. The Bertz CT molecular complexity index is 484. The van der Waals surface area contributed by atoms with Gasteiger partial charge < -0.3 is 5.32 Å². The number of likely N-dealkylation sites (tertiary alicyclic amines) is 1. The summed E-state index contributed by atoms with van der Waals surface area (Å²) in [5, 5.41) is 3.26. The summed E-state index contributed by atoms with van der Waals surface area (Å²) in [5.41, 5.74) is 0.441. The molecule has 1 aliphatic heterocycles. The van der Waals surface area contributed by atoms with Crippen molar-refractivity contribution in [3.63, 3.8) is 0 Å². The normalized spacial score (nSPS) is 18.0. The van der Waals surface area contributed by atoms with Crippen LogP contribution in [0, 0.1) is 0 Å². The molecule has 110 valence electrons. The summed E-state index contributed by atoms with van der Waals surface area (Å²) < 4.78 is -1.58. The molecule has 0 spiro atoms. The first-order valence-electron chi connectivity index (χ1n) is 6.25. The lowest BCUT2D eigenvalue weighted by atomic mass is 10.2. The highest BCUT2D eigenvalue weighted by molar-refractivity contribution is 6.68. The fraction of sp³-hybridized carbons (Fsp3) is 0.462. The minimum atomic E-state index is -1.58. The van der Waals surface area contributed by atoms with Gasteiger partial charge >= 0.3 is 0 Å². The average molecular weight is 356 g/mol. The van der Waals surface area contributed by atoms with Crippen molar-refractivity contribution in [1.82, 2.24) is 10.2 Å². The van der Waals surface area contributed by atoms with Crippen LogP contribution in [0.5, 0.6) is 0 Å². The van der Waals surface area contributed by atoms with E-state index in [-0.39, 0.29) is 5.91 Å². The molecular weight excluding hydrogens is 342 g/mol. The molecule has 3 nitrogen and oxygen atoms in total. The summed E-state index contributed by atoms with van der Waals surface area (Å²) in [6.45, 7) is 1.60. The van der Waals surface area contributed by atoms with E-state index in [1.54, 1.807) is 24.3 Å². The molecule has 1 aromatic carbocycles. The molecule has 1 amide bonds. The summed E-state index contributed by atoms with van der Waals surface area (Å²) in [4.78, 5) is 14.2. The number of carbonyl (C=O) groups is 1. The maximum absolute atomic E-state index is 12.2. The predicted octanol–water partition coefficient (Wildman–Crippen LogP) is 3.86. The van der Waals surface area contributed by atoms with Crippen LogP contribution >= 0.6 is 46.4 Å². The standard InChI is InChI=1S/C13H14Cl4N2O/c14-10-5-3-4-9(8-10)11(20)18-12(13(15,16)17)19-6-1-2-7-19/h3-5,8,12H,1-2,6-7H2,(H,18,20)/t12-/m1/s1. The van der Waals surface area contributed by atoms with E-state index in [0.717, 1.165) is 25.9 Å². The first kappa shape index (κ1) is 16.2. The Morgan fingerprint density at radius 3 is 2.45 bits per heavy atom. The minimum absolute atomic E-state index is 0.310. The molecule has 0 aliphatic carbocycles. The number of carbonyl (C=O) groups excluding carboxylic acids is 1. The van der Waals surface area contributed by atoms with E-state index in [2.05, 4.69) is 5.32 Å². The zero-order chi connectivity index (χ0) is 14.8. The molecule has 1 aromatic rings. The van der Waals surface area contributed by atoms with Crippen LogP contribution in [0.4, 0.5) is 0 Å². The molecule has 2 rings (SSSR count). The first-order chi connectivity index (χ1) is 9.38. The molecule has 0 saturated carbocycles. The number of nitrogens with zero attached hydrogens (tertiary/aromatic N) is 1. The highest BCUT2D eigenvalue weighted by Gasteiger charge is 2.39. The molecule has 0 bridgehead atoms. The van der Waals surface area contributed by atoms with Crippen LogP contribution in [0.1, 0.15) is 23.2 Å². The minimum Gasteiger partial charge on any atom is -0.332 e. The molecular formula is C13H14Cl4N2O. The fourth-order valence-electron chi connectivity index (χ4n) is 2.22. The third-order valence-corrected chi connectivity index (χ3v) is 4.03. The lowest BCUT2D eigenvalue weighted by molar-refractivity contribution is 0.0874. The van der Waals surface area contributed by atoms with E-state index in [1.807, 2.05) is 4.90 Å². The van der Waals surface area contributed by atoms with Gasteiger partial charge in [0, 0.05) is 23.7 Å². The van der Waals surface area contributed by atoms with Gasteiger partial charge in [-0.2, -0.15) is 0 Å². The summed E-state index contributed by atoms with van der Waals surface area (Å²) in [6.07, 6.45) is 1.41. The van der Waals surface area contributed by atoms with Crippen molar-refractivity contribution in [3.8, 4) is 0 Å². The zero-order valence-electron chi connectivity index (χ0n) is 10.6. The largest absolute Gasteiger partial charge is 0.332 e. The van der Waals surface area contributed by atoms with E-state index in [1.165, 1.54) is 0 Å². The van der Waals surface area contributed by atoms with Crippen molar-refractivity contribution in [2.24, 2.45) is 0 Å². The van der Waals surface area contributed by atoms with Gasteiger partial charge in [-0.05, 0) is 31.0 Å². The Balaban J connectivity index is 2.13. The topological polar surface area (TPSA) is 32.3 Å². The van der Waals surface area contributed by atoms with Crippen LogP contribution in [0.3, 0.4) is 0 Å². The Labute approximate surface area is 138 Å². The molecule has 0 unspecified atom stereocenters. The molecule has 1 fully saturated rings. The number of alkyl halides is 3. The van der Waals surface area contributed by atoms with E-state index in [0.29, 0.717) is 10.6 Å². The molecule has 0 aromatic heterocycles. The maximum Gasteiger partial charge on any atom is 0.252 e. The Morgan fingerprint density at radius 1 is 1.25 bits per heavy atom. The second kappa shape index (κ2) is 6.71. The molecule has 20 heavy (non-hydrogen) atoms. The summed E-state index contributed by atoms with van der Waals surface area (Å²) in [7, 11) is 0. The summed E-state index contributed by atoms with van der Waals surface area (Å²) in [5.74, 6) is -0.310. The van der Waals surface area contributed by atoms with Crippen LogP contribution in [0.2, 0.25) is 5.02 Å². The molecule has 1 atom stereocenters. The van der Waals surface area contributed by atoms with Gasteiger partial charge in [0.15, 0.2) is 0 Å². The van der Waals surface area contributed by atoms with E-state index in [9.17, 15) is 4.79 Å². The lowest BCUT2D eigenvalue weighted by Crippen LogP contribution is -2.54. The monoisotopic (exact) mass is 354 g/mol. The van der Waals surface area contributed by atoms with Crippen LogP contribution in [-0.2, 0) is 0 Å². The number of benzene rings is 1. The van der Waals surface area contributed by atoms with Gasteiger partial charge in [0.25, 0.3) is 5.91 Å². The van der Waals surface area contributed by atoms with Gasteiger partial charge in [0.1, 0.15) is 6.17 Å². The molecule has 1 heterocycles. The second-order valence-electron chi connectivity index (χ2n) is 4.67. The number of hydrogen-bond acceptors (Lipinski definition) is 2. The third kappa shape index (κ3) is 4.15. The van der Waals surface area contributed by atoms with Crippen LogP contribution in [0.25, 0.3) is 0 Å². The lowest BCUT2D eigenvalue weighted by Gasteiger charge is -2.33. The second-order valence-corrected chi connectivity index (χ2v) is 7.48. The third-order valence-electron chi connectivity index (χ3n) is 3.17. The number of hydrogen-bond donors (Lipinski definition) is 1. The maximum atomic E-state index is 12.2. The Kier molecular flexibility index (Phi) is 5.43. The fourth-order valence-corrected chi connectivity index (χ4v) is 2.99. The van der Waals surface area contributed by atoms with Gasteiger partial charge in [-0.3, -0.25) is 9.69 Å². The Morgan fingerprint density at radius 2 is 1.90 bits per heavy atom. The van der Waals surface area contributed by atoms with Gasteiger partial charge in [0.05, 0.1) is 0 Å². The number of nitrogens with one attached hydrogen (secondary N) is 1. The van der Waals surface area contributed by atoms with E-state index < -0.39 is 9.96 Å². The van der Waals surface area contributed by atoms with E-state index >= 15 is 0 Å². The quantitative estimate of drug-likeness (QED) is 0.835. The van der Waals surface area contributed by atoms with Gasteiger partial charge in [-0.1, -0.05) is 52.5 Å². The van der Waals surface area contributed by atoms with Crippen LogP contribution in [0.15, 0.2) is 24.3 Å². The SMILES string of the molecule is O=C(N[C@H](N1CCCC1)C(Cl)(Cl)Cl)c1cccc(Cl)c1. The van der Waals surface area contributed by atoms with Crippen molar-refractivity contribution in [2.75, 3.05) is 13.1 Å². The number of amides is 1. The summed E-state index contributed by atoms with van der Waals surface area (Å²) >= 11 is 23.8. The molecule has 1 saturated heterocycles. The van der Waals surface area contributed by atoms with Crippen molar-refractivity contribution < 1.29 is 4.79 Å². The molecule has 1 aliphatic rings. The van der Waals surface area contributed by atoms with Gasteiger partial charge in [-0.25, -0.2) is 0 Å². The van der Waals surface area contributed by atoms with Crippen molar-refractivity contribution in [3.05, 3.63) is 34.9 Å². The predicted molar refractivity (Wildman–Crippen MR) is 83.8 cm³/mol. The zero-order valence-corrected chi connectivity index (χ0v) is 13.6. The molecule has 1 N–H and O–H groups in total.